The van der Waals surface area contributed by atoms with E-state index in [9.17, 15) is 9.90 Å². The first-order valence-corrected chi connectivity index (χ1v) is 7.80. The maximum atomic E-state index is 11.5. The molecule has 1 aliphatic rings. The molecule has 0 radical (unpaired) electrons. The smallest absolute Gasteiger partial charge is 0.339 e. The lowest BCUT2D eigenvalue weighted by atomic mass is 10.1. The summed E-state index contributed by atoms with van der Waals surface area (Å²) in [5, 5.41) is 9.45. The van der Waals surface area contributed by atoms with Crippen molar-refractivity contribution in [3.63, 3.8) is 0 Å². The Bertz CT molecular complexity index is 696. The van der Waals surface area contributed by atoms with Crippen molar-refractivity contribution in [2.75, 3.05) is 11.9 Å². The zero-order chi connectivity index (χ0) is 15.0. The largest absolute Gasteiger partial charge is 0.478 e. The monoisotopic (exact) mass is 303 g/mol. The zero-order valence-corrected chi connectivity index (χ0v) is 12.9. The van der Waals surface area contributed by atoms with E-state index in [4.69, 9.17) is 0 Å². The van der Waals surface area contributed by atoms with Crippen molar-refractivity contribution < 1.29 is 9.90 Å². The van der Waals surface area contributed by atoms with Crippen molar-refractivity contribution in [3.8, 4) is 0 Å². The third-order valence-corrected chi connectivity index (χ3v) is 4.77. The molecule has 0 unspecified atom stereocenters. The van der Waals surface area contributed by atoms with Crippen molar-refractivity contribution in [3.05, 3.63) is 39.0 Å². The van der Waals surface area contributed by atoms with Gasteiger partial charge < -0.3 is 10.0 Å². The van der Waals surface area contributed by atoms with Crippen LogP contribution in [-0.4, -0.2) is 28.1 Å². The summed E-state index contributed by atoms with van der Waals surface area (Å²) in [5.41, 5.74) is 5.22. The van der Waals surface area contributed by atoms with Crippen molar-refractivity contribution in [2.24, 2.45) is 0 Å². The number of fused-ring (bicyclic) bond motifs is 1. The summed E-state index contributed by atoms with van der Waals surface area (Å²) in [6.45, 7) is 2.59. The van der Waals surface area contributed by atoms with E-state index in [0.29, 0.717) is 17.9 Å². The first kappa shape index (κ1) is 14.0. The summed E-state index contributed by atoms with van der Waals surface area (Å²) in [4.78, 5) is 23.4. The Balaban J connectivity index is 1.96. The Morgan fingerprint density at radius 1 is 1.48 bits per heavy atom. The average molecular weight is 303 g/mol. The Morgan fingerprint density at radius 3 is 2.95 bits per heavy atom. The van der Waals surface area contributed by atoms with Crippen LogP contribution >= 0.6 is 11.3 Å². The molecule has 110 valence electrons. The van der Waals surface area contributed by atoms with Crippen LogP contribution in [0.5, 0.6) is 0 Å². The molecule has 0 saturated heterocycles. The molecular weight excluding hydrogens is 286 g/mol. The van der Waals surface area contributed by atoms with Gasteiger partial charge in [-0.25, -0.2) is 14.8 Å². The Kier molecular flexibility index (Phi) is 3.63. The van der Waals surface area contributed by atoms with Crippen LogP contribution in [-0.2, 0) is 19.4 Å². The van der Waals surface area contributed by atoms with E-state index < -0.39 is 5.97 Å². The number of pyridine rings is 1. The number of carboxylic acids is 1. The summed E-state index contributed by atoms with van der Waals surface area (Å²) in [6, 6.07) is 1.79. The van der Waals surface area contributed by atoms with Crippen LogP contribution < -0.4 is 4.90 Å². The summed E-state index contributed by atoms with van der Waals surface area (Å²) in [6.07, 6.45) is 2.93. The lowest BCUT2D eigenvalue weighted by Crippen LogP contribution is -2.21. The number of carbonyl (C=O) groups is 1. The molecule has 2 heterocycles. The maximum Gasteiger partial charge on any atom is 0.339 e. The van der Waals surface area contributed by atoms with Crippen LogP contribution in [0.2, 0.25) is 0 Å². The molecule has 0 spiro atoms. The fraction of sp³-hybridized carbons (Fsp3) is 0.400. The first-order chi connectivity index (χ1) is 10.1. The number of carboxylic acid groups (broad SMARTS) is 1. The molecule has 0 aromatic carbocycles. The lowest BCUT2D eigenvalue weighted by Gasteiger charge is -2.20. The minimum atomic E-state index is -0.917. The number of rotatable bonds is 4. The highest BCUT2D eigenvalue weighted by molar-refractivity contribution is 7.09. The van der Waals surface area contributed by atoms with Gasteiger partial charge in [0.25, 0.3) is 0 Å². The van der Waals surface area contributed by atoms with Gasteiger partial charge in [-0.1, -0.05) is 0 Å². The van der Waals surface area contributed by atoms with Crippen LogP contribution in [0.4, 0.5) is 5.82 Å². The van der Waals surface area contributed by atoms with Gasteiger partial charge in [0.2, 0.25) is 0 Å². The molecule has 0 atom stereocenters. The van der Waals surface area contributed by atoms with Crippen molar-refractivity contribution in [1.82, 2.24) is 9.97 Å². The Labute approximate surface area is 127 Å². The number of aromatic carboxylic acids is 1. The lowest BCUT2D eigenvalue weighted by molar-refractivity contribution is 0.0697. The molecular formula is C15H17N3O2S. The normalized spacial score (nSPS) is 13.2. The summed E-state index contributed by atoms with van der Waals surface area (Å²) < 4.78 is 0. The fourth-order valence-electron chi connectivity index (χ4n) is 2.68. The second-order valence-corrected chi connectivity index (χ2v) is 6.28. The fourth-order valence-corrected chi connectivity index (χ4v) is 3.51. The standard InChI is InChI=1S/C15H17N3O2S/c1-9-13(21-8-16-9)7-18(2)14-11(15(19)20)6-10-4-3-5-12(10)17-14/h6,8H,3-5,7H2,1-2H3,(H,19,20). The molecule has 1 N–H and O–H groups in total. The van der Waals surface area contributed by atoms with Crippen molar-refractivity contribution in [2.45, 2.75) is 32.7 Å². The van der Waals surface area contributed by atoms with Gasteiger partial charge >= 0.3 is 5.97 Å². The van der Waals surface area contributed by atoms with Crippen LogP contribution in [0, 0.1) is 6.92 Å². The number of aromatic nitrogens is 2. The van der Waals surface area contributed by atoms with E-state index in [1.165, 1.54) is 0 Å². The number of thiazole rings is 1. The van der Waals surface area contributed by atoms with Crippen LogP contribution in [0.25, 0.3) is 0 Å². The zero-order valence-electron chi connectivity index (χ0n) is 12.1. The van der Waals surface area contributed by atoms with E-state index >= 15 is 0 Å². The molecule has 21 heavy (non-hydrogen) atoms. The van der Waals surface area contributed by atoms with Gasteiger partial charge in [0.15, 0.2) is 0 Å². The van der Waals surface area contributed by atoms with Crippen LogP contribution in [0.1, 0.15) is 38.6 Å². The summed E-state index contributed by atoms with van der Waals surface area (Å²) >= 11 is 1.58. The number of nitrogens with zero attached hydrogens (tertiary/aromatic N) is 3. The van der Waals surface area contributed by atoms with Gasteiger partial charge in [0.1, 0.15) is 11.4 Å². The van der Waals surface area contributed by atoms with Gasteiger partial charge in [-0.05, 0) is 37.8 Å². The second kappa shape index (κ2) is 5.44. The van der Waals surface area contributed by atoms with Gasteiger partial charge in [-0.2, -0.15) is 0 Å². The van der Waals surface area contributed by atoms with E-state index in [2.05, 4.69) is 9.97 Å². The predicted molar refractivity (Wildman–Crippen MR) is 82.2 cm³/mol. The van der Waals surface area contributed by atoms with Gasteiger partial charge in [0.05, 0.1) is 17.7 Å². The molecule has 2 aromatic heterocycles. The molecule has 6 heteroatoms. The molecule has 0 fully saturated rings. The van der Waals surface area contributed by atoms with E-state index in [0.717, 1.165) is 41.1 Å². The average Bonchev–Trinajstić information content (AvgIpc) is 3.06. The quantitative estimate of drug-likeness (QED) is 0.940. The topological polar surface area (TPSA) is 66.3 Å². The van der Waals surface area contributed by atoms with E-state index in [1.807, 2.05) is 24.4 Å². The van der Waals surface area contributed by atoms with Gasteiger partial charge in [-0.3, -0.25) is 0 Å². The molecule has 0 bridgehead atoms. The van der Waals surface area contributed by atoms with E-state index in [-0.39, 0.29) is 0 Å². The highest BCUT2D eigenvalue weighted by atomic mass is 32.1. The first-order valence-electron chi connectivity index (χ1n) is 6.92. The Hall–Kier alpha value is -1.95. The molecule has 0 saturated carbocycles. The molecule has 3 rings (SSSR count). The van der Waals surface area contributed by atoms with Crippen LogP contribution in [0.3, 0.4) is 0 Å². The molecule has 1 aliphatic carbocycles. The number of hydrogen-bond acceptors (Lipinski definition) is 5. The summed E-state index contributed by atoms with van der Waals surface area (Å²) in [5.74, 6) is -0.365. The van der Waals surface area contributed by atoms with Gasteiger partial charge in [-0.15, -0.1) is 11.3 Å². The number of aryl methyl sites for hydroxylation is 3. The Morgan fingerprint density at radius 2 is 2.29 bits per heavy atom. The number of hydrogen-bond donors (Lipinski definition) is 1. The predicted octanol–water partition coefficient (Wildman–Crippen LogP) is 2.67. The highest BCUT2D eigenvalue weighted by Crippen LogP contribution is 2.28. The minimum Gasteiger partial charge on any atom is -0.478 e. The van der Waals surface area contributed by atoms with E-state index in [1.54, 1.807) is 17.4 Å². The number of anilines is 1. The molecule has 0 amide bonds. The highest BCUT2D eigenvalue weighted by Gasteiger charge is 2.22. The SMILES string of the molecule is Cc1ncsc1CN(C)c1nc2c(cc1C(=O)O)CCC2. The van der Waals surface area contributed by atoms with Crippen LogP contribution in [0.15, 0.2) is 11.6 Å². The minimum absolute atomic E-state index is 0.292. The summed E-state index contributed by atoms with van der Waals surface area (Å²) in [7, 11) is 1.88. The second-order valence-electron chi connectivity index (χ2n) is 5.34. The molecule has 5 nitrogen and oxygen atoms in total. The third-order valence-electron chi connectivity index (χ3n) is 3.85. The third kappa shape index (κ3) is 2.63. The maximum absolute atomic E-state index is 11.5. The van der Waals surface area contributed by atoms with Crippen molar-refractivity contribution in [1.29, 1.82) is 0 Å². The molecule has 2 aromatic rings. The van der Waals surface area contributed by atoms with Gasteiger partial charge in [0, 0.05) is 17.6 Å². The molecule has 0 aliphatic heterocycles. The van der Waals surface area contributed by atoms with Crippen molar-refractivity contribution >= 4 is 23.1 Å².